The van der Waals surface area contributed by atoms with Crippen LogP contribution >= 0.6 is 11.6 Å². The van der Waals surface area contributed by atoms with Gasteiger partial charge in [0.25, 0.3) is 0 Å². The molecule has 0 amide bonds. The molecule has 0 heterocycles. The van der Waals surface area contributed by atoms with E-state index in [1.807, 2.05) is 44.2 Å². The second-order valence-corrected chi connectivity index (χ2v) is 5.71. The monoisotopic (exact) mass is 290 g/mol. The van der Waals surface area contributed by atoms with Gasteiger partial charge in [-0.15, -0.1) is 0 Å². The highest BCUT2D eigenvalue weighted by molar-refractivity contribution is 6.30. The molecule has 2 aromatic carbocycles. The molecule has 0 aliphatic carbocycles. The van der Waals surface area contributed by atoms with Crippen molar-refractivity contribution in [1.29, 1.82) is 0 Å². The van der Waals surface area contributed by atoms with Gasteiger partial charge in [-0.25, -0.2) is 4.39 Å². The van der Waals surface area contributed by atoms with E-state index in [1.165, 1.54) is 6.07 Å². The van der Waals surface area contributed by atoms with E-state index in [4.69, 9.17) is 11.6 Å². The number of carbonyl (C=O) groups excluding carboxylic acids is 1. The lowest BCUT2D eigenvalue weighted by Gasteiger charge is -2.24. The smallest absolute Gasteiger partial charge is 0.147 e. The summed E-state index contributed by atoms with van der Waals surface area (Å²) in [6, 6.07) is 14.2. The van der Waals surface area contributed by atoms with Crippen molar-refractivity contribution < 1.29 is 9.18 Å². The van der Waals surface area contributed by atoms with Crippen LogP contribution in [0.1, 0.15) is 25.0 Å². The minimum Gasteiger partial charge on any atom is -0.298 e. The van der Waals surface area contributed by atoms with Crippen LogP contribution in [0, 0.1) is 5.82 Å². The maximum Gasteiger partial charge on any atom is 0.147 e. The van der Waals surface area contributed by atoms with Crippen molar-refractivity contribution in [1.82, 2.24) is 0 Å². The summed E-state index contributed by atoms with van der Waals surface area (Å²) < 4.78 is 13.9. The van der Waals surface area contributed by atoms with Crippen molar-refractivity contribution in [3.05, 3.63) is 70.5 Å². The average molecular weight is 291 g/mol. The highest BCUT2D eigenvalue weighted by Gasteiger charge is 2.29. The number of carbonyl (C=O) groups is 1. The topological polar surface area (TPSA) is 17.1 Å². The van der Waals surface area contributed by atoms with E-state index in [2.05, 4.69) is 0 Å². The molecule has 20 heavy (non-hydrogen) atoms. The summed E-state index contributed by atoms with van der Waals surface area (Å²) in [5.74, 6) is -0.545. The van der Waals surface area contributed by atoms with Gasteiger partial charge in [0.1, 0.15) is 11.6 Å². The molecule has 0 saturated heterocycles. The van der Waals surface area contributed by atoms with Crippen molar-refractivity contribution in [2.75, 3.05) is 0 Å². The lowest BCUT2D eigenvalue weighted by molar-refractivity contribution is -0.122. The first-order valence-electron chi connectivity index (χ1n) is 6.44. The number of benzene rings is 2. The number of hydrogen-bond acceptors (Lipinski definition) is 1. The van der Waals surface area contributed by atoms with Gasteiger partial charge >= 0.3 is 0 Å². The molecule has 0 unspecified atom stereocenters. The molecule has 0 spiro atoms. The summed E-state index contributed by atoms with van der Waals surface area (Å²) in [5.41, 5.74) is 0.606. The summed E-state index contributed by atoms with van der Waals surface area (Å²) >= 11 is 5.74. The van der Waals surface area contributed by atoms with E-state index in [0.29, 0.717) is 5.56 Å². The highest BCUT2D eigenvalue weighted by atomic mass is 35.5. The van der Waals surface area contributed by atoms with Crippen LogP contribution < -0.4 is 0 Å². The maximum atomic E-state index is 13.9. The van der Waals surface area contributed by atoms with Gasteiger partial charge < -0.3 is 0 Å². The molecule has 0 N–H and O–H groups in total. The highest BCUT2D eigenvalue weighted by Crippen LogP contribution is 2.27. The maximum absolute atomic E-state index is 13.9. The molecule has 0 aromatic heterocycles. The Hall–Kier alpha value is -1.67. The Balaban J connectivity index is 2.26. The Morgan fingerprint density at radius 1 is 1.10 bits per heavy atom. The van der Waals surface area contributed by atoms with E-state index in [1.54, 1.807) is 12.1 Å². The van der Waals surface area contributed by atoms with Crippen molar-refractivity contribution >= 4 is 17.4 Å². The van der Waals surface area contributed by atoms with Crippen LogP contribution in [0.4, 0.5) is 4.39 Å². The van der Waals surface area contributed by atoms with Gasteiger partial charge in [0.05, 0.1) is 5.02 Å². The second kappa shape index (κ2) is 5.76. The van der Waals surface area contributed by atoms with Crippen molar-refractivity contribution in [2.45, 2.75) is 25.7 Å². The molecule has 0 radical (unpaired) electrons. The Labute approximate surface area is 123 Å². The number of Topliss-reactive ketones (excluding diaryl/α,β-unsaturated/α-hetero) is 1. The standard InChI is InChI=1S/C17H16ClFO/c1-17(2,13-8-4-3-5-9-13)15(20)11-12-7-6-10-14(18)16(12)19/h3-10H,11H2,1-2H3. The molecule has 104 valence electrons. The molecule has 1 nitrogen and oxygen atoms in total. The molecule has 0 atom stereocenters. The Kier molecular flexibility index (Phi) is 4.24. The third-order valence-electron chi connectivity index (χ3n) is 3.58. The zero-order valence-electron chi connectivity index (χ0n) is 11.5. The molecule has 3 heteroatoms. The zero-order valence-corrected chi connectivity index (χ0v) is 12.2. The van der Waals surface area contributed by atoms with E-state index in [9.17, 15) is 9.18 Å². The second-order valence-electron chi connectivity index (χ2n) is 5.30. The molecule has 0 aliphatic rings. The van der Waals surface area contributed by atoms with E-state index in [-0.39, 0.29) is 17.2 Å². The Bertz CT molecular complexity index is 620. The predicted octanol–water partition coefficient (Wildman–Crippen LogP) is 4.57. The van der Waals surface area contributed by atoms with Crippen molar-refractivity contribution in [3.63, 3.8) is 0 Å². The van der Waals surface area contributed by atoms with Gasteiger partial charge in [0.2, 0.25) is 0 Å². The summed E-state index contributed by atoms with van der Waals surface area (Å²) in [5, 5.41) is 0.0489. The molecule has 0 fully saturated rings. The van der Waals surface area contributed by atoms with Gasteiger partial charge in [-0.05, 0) is 31.0 Å². The molecular formula is C17H16ClFO. The molecule has 2 rings (SSSR count). The SMILES string of the molecule is CC(C)(C(=O)Cc1cccc(Cl)c1F)c1ccccc1. The minimum atomic E-state index is -0.657. The van der Waals surface area contributed by atoms with Gasteiger partial charge in [0, 0.05) is 11.8 Å². The number of ketones is 1. The first-order chi connectivity index (χ1) is 9.43. The van der Waals surface area contributed by atoms with E-state index < -0.39 is 11.2 Å². The first-order valence-corrected chi connectivity index (χ1v) is 6.82. The van der Waals surface area contributed by atoms with Gasteiger partial charge in [-0.1, -0.05) is 54.1 Å². The average Bonchev–Trinajstić information content (AvgIpc) is 2.44. The zero-order chi connectivity index (χ0) is 14.8. The number of rotatable bonds is 4. The normalized spacial score (nSPS) is 11.4. The van der Waals surface area contributed by atoms with Crippen LogP contribution in [0.25, 0.3) is 0 Å². The van der Waals surface area contributed by atoms with Crippen LogP contribution in [0.3, 0.4) is 0 Å². The van der Waals surface area contributed by atoms with E-state index >= 15 is 0 Å². The summed E-state index contributed by atoms with van der Waals surface area (Å²) in [4.78, 5) is 12.5. The fraction of sp³-hybridized carbons (Fsp3) is 0.235. The molecule has 0 bridgehead atoms. The minimum absolute atomic E-state index is 0.0360. The summed E-state index contributed by atoms with van der Waals surface area (Å²) in [6.07, 6.45) is 0.0360. The summed E-state index contributed by atoms with van der Waals surface area (Å²) in [7, 11) is 0. The molecule has 0 aliphatic heterocycles. The van der Waals surface area contributed by atoms with Gasteiger partial charge in [-0.3, -0.25) is 4.79 Å². The lowest BCUT2D eigenvalue weighted by atomic mass is 9.78. The number of halogens is 2. The third-order valence-corrected chi connectivity index (χ3v) is 3.87. The van der Waals surface area contributed by atoms with Crippen LogP contribution in [0.2, 0.25) is 5.02 Å². The first kappa shape index (κ1) is 14.7. The van der Waals surface area contributed by atoms with Gasteiger partial charge in [0.15, 0.2) is 0 Å². The Morgan fingerprint density at radius 3 is 2.40 bits per heavy atom. The fourth-order valence-corrected chi connectivity index (χ4v) is 2.29. The Morgan fingerprint density at radius 2 is 1.75 bits per heavy atom. The van der Waals surface area contributed by atoms with Crippen LogP contribution in [0.5, 0.6) is 0 Å². The summed E-state index contributed by atoms with van der Waals surface area (Å²) in [6.45, 7) is 3.71. The van der Waals surface area contributed by atoms with Crippen LogP contribution in [0.15, 0.2) is 48.5 Å². The van der Waals surface area contributed by atoms with Crippen LogP contribution in [-0.2, 0) is 16.6 Å². The molecule has 0 saturated carbocycles. The fourth-order valence-electron chi connectivity index (χ4n) is 2.09. The van der Waals surface area contributed by atoms with Gasteiger partial charge in [-0.2, -0.15) is 0 Å². The predicted molar refractivity (Wildman–Crippen MR) is 79.6 cm³/mol. The van der Waals surface area contributed by atoms with Crippen LogP contribution in [-0.4, -0.2) is 5.78 Å². The molecule has 2 aromatic rings. The lowest BCUT2D eigenvalue weighted by Crippen LogP contribution is -2.30. The largest absolute Gasteiger partial charge is 0.298 e. The third kappa shape index (κ3) is 2.91. The van der Waals surface area contributed by atoms with Crippen molar-refractivity contribution in [2.24, 2.45) is 0 Å². The van der Waals surface area contributed by atoms with E-state index in [0.717, 1.165) is 5.56 Å². The quantitative estimate of drug-likeness (QED) is 0.806. The van der Waals surface area contributed by atoms with Crippen molar-refractivity contribution in [3.8, 4) is 0 Å². The number of hydrogen-bond donors (Lipinski definition) is 0. The molecular weight excluding hydrogens is 275 g/mol.